The molecule has 1 aromatic carbocycles. The van der Waals surface area contributed by atoms with Gasteiger partial charge in [0, 0.05) is 0 Å². The molecular weight excluding hydrogens is 245 g/mol. The number of carbonyl (C=O) groups is 2. The molecule has 0 bridgehead atoms. The molecule has 17 heavy (non-hydrogen) atoms. The van der Waals surface area contributed by atoms with Crippen LogP contribution in [0.25, 0.3) is 0 Å². The van der Waals surface area contributed by atoms with Crippen molar-refractivity contribution in [1.82, 2.24) is 0 Å². The largest absolute Gasteiger partial charge is 0.573 e. The lowest BCUT2D eigenvalue weighted by molar-refractivity contribution is -0.274. The molecule has 0 saturated carbocycles. The summed E-state index contributed by atoms with van der Waals surface area (Å²) in [6.45, 7) is 0. The molecule has 8 heteroatoms. The quantitative estimate of drug-likeness (QED) is 0.856. The van der Waals surface area contributed by atoms with Crippen molar-refractivity contribution in [2.45, 2.75) is 6.36 Å². The van der Waals surface area contributed by atoms with Crippen LogP contribution in [-0.4, -0.2) is 28.5 Å². The molecule has 0 radical (unpaired) electrons. The van der Waals surface area contributed by atoms with Crippen molar-refractivity contribution in [2.24, 2.45) is 0 Å². The van der Waals surface area contributed by atoms with Crippen LogP contribution in [-0.2, 0) is 0 Å². The predicted molar refractivity (Wildman–Crippen MR) is 47.0 cm³/mol. The van der Waals surface area contributed by atoms with Gasteiger partial charge in [-0.05, 0) is 18.2 Å². The van der Waals surface area contributed by atoms with E-state index >= 15 is 0 Å². The van der Waals surface area contributed by atoms with Crippen LogP contribution in [0.3, 0.4) is 0 Å². The normalized spacial score (nSPS) is 11.0. The van der Waals surface area contributed by atoms with E-state index in [4.69, 9.17) is 10.2 Å². The van der Waals surface area contributed by atoms with Crippen molar-refractivity contribution in [3.05, 3.63) is 29.3 Å². The molecule has 0 aliphatic rings. The minimum Gasteiger partial charge on any atom is -0.478 e. The summed E-state index contributed by atoms with van der Waals surface area (Å²) in [6, 6.07) is 1.90. The monoisotopic (exact) mass is 250 g/mol. The topological polar surface area (TPSA) is 83.8 Å². The minimum atomic E-state index is -5.02. The average molecular weight is 250 g/mol. The maximum absolute atomic E-state index is 11.9. The van der Waals surface area contributed by atoms with Gasteiger partial charge in [0.25, 0.3) is 0 Å². The van der Waals surface area contributed by atoms with Gasteiger partial charge in [0.1, 0.15) is 5.75 Å². The highest BCUT2D eigenvalue weighted by Crippen LogP contribution is 2.25. The molecule has 2 N–H and O–H groups in total. The number of rotatable bonds is 3. The number of alkyl halides is 3. The molecule has 92 valence electrons. The molecule has 0 fully saturated rings. The first-order valence-electron chi connectivity index (χ1n) is 4.06. The standard InChI is InChI=1S/C9H5F3O5/c10-9(11,12)17-6-2-4(7(13)14)1-5(3-6)8(15)16/h1-3H,(H,13,14)(H,15,16). The summed E-state index contributed by atoms with van der Waals surface area (Å²) in [5, 5.41) is 17.2. The highest BCUT2D eigenvalue weighted by Gasteiger charge is 2.31. The van der Waals surface area contributed by atoms with E-state index in [1.165, 1.54) is 0 Å². The number of carboxylic acid groups (broad SMARTS) is 2. The van der Waals surface area contributed by atoms with Gasteiger partial charge >= 0.3 is 18.3 Å². The fourth-order valence-electron chi connectivity index (χ4n) is 1.04. The van der Waals surface area contributed by atoms with E-state index in [1.54, 1.807) is 0 Å². The third-order valence-electron chi connectivity index (χ3n) is 1.63. The van der Waals surface area contributed by atoms with Crippen molar-refractivity contribution in [3.8, 4) is 5.75 Å². The summed E-state index contributed by atoms with van der Waals surface area (Å²) in [7, 11) is 0. The Hall–Kier alpha value is -2.25. The number of ether oxygens (including phenoxy) is 1. The summed E-state index contributed by atoms with van der Waals surface area (Å²) in [5.41, 5.74) is -1.21. The number of carboxylic acids is 2. The summed E-state index contributed by atoms with van der Waals surface area (Å²) < 4.78 is 39.1. The highest BCUT2D eigenvalue weighted by molar-refractivity contribution is 5.94. The van der Waals surface area contributed by atoms with Crippen molar-refractivity contribution in [3.63, 3.8) is 0 Å². The lowest BCUT2D eigenvalue weighted by Crippen LogP contribution is -2.18. The van der Waals surface area contributed by atoms with Gasteiger partial charge in [-0.1, -0.05) is 0 Å². The van der Waals surface area contributed by atoms with Crippen LogP contribution in [0.4, 0.5) is 13.2 Å². The second-order valence-corrected chi connectivity index (χ2v) is 2.90. The first-order chi connectivity index (χ1) is 7.69. The molecule has 5 nitrogen and oxygen atoms in total. The zero-order valence-corrected chi connectivity index (χ0v) is 7.99. The first kappa shape index (κ1) is 12.8. The van der Waals surface area contributed by atoms with E-state index in [1.807, 2.05) is 0 Å². The van der Waals surface area contributed by atoms with Gasteiger partial charge in [0.2, 0.25) is 0 Å². The smallest absolute Gasteiger partial charge is 0.478 e. The Morgan fingerprint density at radius 1 is 1.00 bits per heavy atom. The third kappa shape index (κ3) is 3.67. The molecule has 0 aliphatic heterocycles. The van der Waals surface area contributed by atoms with Gasteiger partial charge in [-0.3, -0.25) is 0 Å². The predicted octanol–water partition coefficient (Wildman–Crippen LogP) is 1.98. The molecule has 0 spiro atoms. The Bertz CT molecular complexity index is 434. The maximum atomic E-state index is 11.9. The summed E-state index contributed by atoms with van der Waals surface area (Å²) in [6.07, 6.45) is -5.02. The van der Waals surface area contributed by atoms with Crippen molar-refractivity contribution < 1.29 is 37.7 Å². The van der Waals surface area contributed by atoms with E-state index < -0.39 is 35.2 Å². The fraction of sp³-hybridized carbons (Fsp3) is 0.111. The lowest BCUT2D eigenvalue weighted by Gasteiger charge is -2.10. The van der Waals surface area contributed by atoms with Gasteiger partial charge in [-0.2, -0.15) is 0 Å². The minimum absolute atomic E-state index is 0.586. The van der Waals surface area contributed by atoms with Gasteiger partial charge < -0.3 is 14.9 Å². The molecule has 1 rings (SSSR count). The zero-order chi connectivity index (χ0) is 13.2. The SMILES string of the molecule is O=C(O)c1cc(OC(F)(F)F)cc(C(=O)O)c1. The molecule has 1 aromatic rings. The Balaban J connectivity index is 3.22. The third-order valence-corrected chi connectivity index (χ3v) is 1.63. The Morgan fingerprint density at radius 2 is 1.41 bits per heavy atom. The number of hydrogen-bond acceptors (Lipinski definition) is 3. The Kier molecular flexibility index (Phi) is 3.26. The molecular formula is C9H5F3O5. The molecule has 0 unspecified atom stereocenters. The molecule has 0 saturated heterocycles. The molecule has 0 heterocycles. The van der Waals surface area contributed by atoms with Gasteiger partial charge in [-0.25, -0.2) is 9.59 Å². The number of aromatic carboxylic acids is 2. The van der Waals surface area contributed by atoms with Crippen LogP contribution < -0.4 is 4.74 Å². The zero-order valence-electron chi connectivity index (χ0n) is 7.99. The second kappa shape index (κ2) is 4.32. The van der Waals surface area contributed by atoms with Crippen molar-refractivity contribution in [1.29, 1.82) is 0 Å². The Labute approximate surface area is 92.0 Å². The van der Waals surface area contributed by atoms with Crippen molar-refractivity contribution in [2.75, 3.05) is 0 Å². The van der Waals surface area contributed by atoms with Crippen LogP contribution in [0.5, 0.6) is 5.75 Å². The van der Waals surface area contributed by atoms with E-state index in [0.717, 1.165) is 6.07 Å². The van der Waals surface area contributed by atoms with Gasteiger partial charge in [-0.15, -0.1) is 13.2 Å². The lowest BCUT2D eigenvalue weighted by atomic mass is 10.1. The second-order valence-electron chi connectivity index (χ2n) is 2.90. The molecule has 0 aliphatic carbocycles. The van der Waals surface area contributed by atoms with E-state index in [9.17, 15) is 22.8 Å². The highest BCUT2D eigenvalue weighted by atomic mass is 19.4. The van der Waals surface area contributed by atoms with Crippen LogP contribution in [0.15, 0.2) is 18.2 Å². The van der Waals surface area contributed by atoms with E-state index in [2.05, 4.69) is 4.74 Å². The van der Waals surface area contributed by atoms with Crippen LogP contribution in [0.1, 0.15) is 20.7 Å². The molecule has 0 aromatic heterocycles. The van der Waals surface area contributed by atoms with Crippen LogP contribution >= 0.6 is 0 Å². The average Bonchev–Trinajstić information content (AvgIpc) is 2.14. The maximum Gasteiger partial charge on any atom is 0.573 e. The fourth-order valence-corrected chi connectivity index (χ4v) is 1.04. The summed E-state index contributed by atoms with van der Waals surface area (Å²) in [5.74, 6) is -4.00. The number of hydrogen-bond donors (Lipinski definition) is 2. The number of halogens is 3. The number of benzene rings is 1. The molecule has 0 amide bonds. The van der Waals surface area contributed by atoms with E-state index in [-0.39, 0.29) is 0 Å². The van der Waals surface area contributed by atoms with Gasteiger partial charge in [0.05, 0.1) is 11.1 Å². The van der Waals surface area contributed by atoms with Crippen LogP contribution in [0.2, 0.25) is 0 Å². The van der Waals surface area contributed by atoms with E-state index in [0.29, 0.717) is 12.1 Å². The van der Waals surface area contributed by atoms with Gasteiger partial charge in [0.15, 0.2) is 0 Å². The molecule has 0 atom stereocenters. The van der Waals surface area contributed by atoms with Crippen LogP contribution in [0, 0.1) is 0 Å². The first-order valence-corrected chi connectivity index (χ1v) is 4.06. The van der Waals surface area contributed by atoms with Crippen molar-refractivity contribution >= 4 is 11.9 Å². The Morgan fingerprint density at radius 3 is 1.71 bits per heavy atom. The summed E-state index contributed by atoms with van der Waals surface area (Å²) in [4.78, 5) is 21.1. The summed E-state index contributed by atoms with van der Waals surface area (Å²) >= 11 is 0.